The van der Waals surface area contributed by atoms with Crippen molar-refractivity contribution >= 4 is 11.3 Å². The van der Waals surface area contributed by atoms with E-state index < -0.39 is 0 Å². The smallest absolute Gasteiger partial charge is 0.179 e. The van der Waals surface area contributed by atoms with Crippen molar-refractivity contribution in [1.29, 1.82) is 0 Å². The molecule has 1 aliphatic heterocycles. The zero-order valence-corrected chi connectivity index (χ0v) is 9.63. The van der Waals surface area contributed by atoms with Crippen LogP contribution in [-0.4, -0.2) is 20.7 Å². The summed E-state index contributed by atoms with van der Waals surface area (Å²) in [4.78, 5) is 1.17. The fourth-order valence-corrected chi connectivity index (χ4v) is 2.32. The van der Waals surface area contributed by atoms with Crippen molar-refractivity contribution in [2.45, 2.75) is 20.0 Å². The van der Waals surface area contributed by atoms with Crippen LogP contribution in [-0.2, 0) is 17.8 Å². The van der Waals surface area contributed by atoms with Gasteiger partial charge >= 0.3 is 0 Å². The summed E-state index contributed by atoms with van der Waals surface area (Å²) >= 11 is 1.27. The summed E-state index contributed by atoms with van der Waals surface area (Å²) in [6, 6.07) is 0. The van der Waals surface area contributed by atoms with Crippen LogP contribution in [0.1, 0.15) is 16.0 Å². The van der Waals surface area contributed by atoms with Gasteiger partial charge in [-0.15, -0.1) is 11.3 Å². The summed E-state index contributed by atoms with van der Waals surface area (Å²) in [7, 11) is 3.75. The number of halogens is 1. The van der Waals surface area contributed by atoms with Gasteiger partial charge in [-0.2, -0.15) is 4.39 Å². The lowest BCUT2D eigenvalue weighted by Crippen LogP contribution is -2.07. The van der Waals surface area contributed by atoms with Gasteiger partial charge in [-0.05, 0) is 26.6 Å². The van der Waals surface area contributed by atoms with Crippen LogP contribution in [0.2, 0.25) is 0 Å². The van der Waals surface area contributed by atoms with E-state index in [1.54, 1.807) is 0 Å². The summed E-state index contributed by atoms with van der Waals surface area (Å²) in [6.07, 6.45) is 0.880. The minimum atomic E-state index is -0.0412. The number of hydrogen-bond acceptors (Lipinski definition) is 3. The third-order valence-corrected chi connectivity index (χ3v) is 3.20. The number of thiophene rings is 1. The molecule has 0 fully saturated rings. The monoisotopic (exact) mass is 217 g/mol. The maximum atomic E-state index is 13.0. The molecule has 0 saturated heterocycles. The van der Waals surface area contributed by atoms with Crippen molar-refractivity contribution in [2.75, 3.05) is 20.7 Å². The molecule has 0 aliphatic carbocycles. The number of nitrogens with one attached hydrogen (secondary N) is 1. The van der Waals surface area contributed by atoms with E-state index in [2.05, 4.69) is 5.32 Å². The predicted octanol–water partition coefficient (Wildman–Crippen LogP) is 2.10. The molecule has 0 atom stereocenters. The first kappa shape index (κ1) is 11.6. The van der Waals surface area contributed by atoms with Gasteiger partial charge in [0.1, 0.15) is 0 Å². The Kier molecular flexibility index (Phi) is 4.51. The van der Waals surface area contributed by atoms with Crippen LogP contribution in [0.3, 0.4) is 0 Å². The predicted molar refractivity (Wildman–Crippen MR) is 57.4 cm³/mol. The largest absolute Gasteiger partial charge is 0.376 e. The highest BCUT2D eigenvalue weighted by atomic mass is 32.1. The normalized spacial score (nSPS) is 14.3. The second-order valence-electron chi connectivity index (χ2n) is 3.21. The fourth-order valence-electron chi connectivity index (χ4n) is 1.30. The van der Waals surface area contributed by atoms with E-state index in [1.165, 1.54) is 16.2 Å². The third kappa shape index (κ3) is 2.53. The Morgan fingerprint density at radius 2 is 2.07 bits per heavy atom. The second-order valence-corrected chi connectivity index (χ2v) is 4.26. The zero-order chi connectivity index (χ0) is 10.6. The molecular formula is C10H16FNOS. The van der Waals surface area contributed by atoms with E-state index in [1.807, 2.05) is 21.0 Å². The van der Waals surface area contributed by atoms with Gasteiger partial charge in [0.2, 0.25) is 0 Å². The van der Waals surface area contributed by atoms with E-state index in [0.717, 1.165) is 24.2 Å². The van der Waals surface area contributed by atoms with Gasteiger partial charge in [-0.25, -0.2) is 0 Å². The highest BCUT2D eigenvalue weighted by Crippen LogP contribution is 2.29. The van der Waals surface area contributed by atoms with Gasteiger partial charge in [0, 0.05) is 16.9 Å². The van der Waals surface area contributed by atoms with Crippen LogP contribution in [0.5, 0.6) is 0 Å². The molecular weight excluding hydrogens is 201 g/mol. The van der Waals surface area contributed by atoms with Crippen molar-refractivity contribution in [1.82, 2.24) is 5.32 Å². The SMILES string of the molecule is CNC.Cc1c(F)sc2c1COCC2. The second kappa shape index (κ2) is 5.44. The molecule has 0 saturated carbocycles. The van der Waals surface area contributed by atoms with Crippen LogP contribution in [0.15, 0.2) is 0 Å². The first-order chi connectivity index (χ1) is 6.70. The van der Waals surface area contributed by atoms with Gasteiger partial charge < -0.3 is 10.1 Å². The van der Waals surface area contributed by atoms with Gasteiger partial charge in [0.25, 0.3) is 0 Å². The topological polar surface area (TPSA) is 21.3 Å². The first-order valence-corrected chi connectivity index (χ1v) is 5.45. The lowest BCUT2D eigenvalue weighted by Gasteiger charge is -2.11. The summed E-state index contributed by atoms with van der Waals surface area (Å²) in [5.74, 6) is 0. The Bertz CT molecular complexity index is 299. The van der Waals surface area contributed by atoms with Crippen LogP contribution >= 0.6 is 11.3 Å². The van der Waals surface area contributed by atoms with E-state index in [4.69, 9.17) is 4.74 Å². The molecule has 80 valence electrons. The molecule has 1 N–H and O–H groups in total. The maximum absolute atomic E-state index is 13.0. The Morgan fingerprint density at radius 1 is 1.43 bits per heavy atom. The molecule has 1 aromatic heterocycles. The molecule has 0 aromatic carbocycles. The first-order valence-electron chi connectivity index (χ1n) is 4.63. The average molecular weight is 217 g/mol. The van der Waals surface area contributed by atoms with Gasteiger partial charge in [0.15, 0.2) is 5.13 Å². The molecule has 14 heavy (non-hydrogen) atoms. The summed E-state index contributed by atoms with van der Waals surface area (Å²) in [5.41, 5.74) is 1.86. The molecule has 2 nitrogen and oxygen atoms in total. The van der Waals surface area contributed by atoms with Crippen molar-refractivity contribution in [3.63, 3.8) is 0 Å². The lowest BCUT2D eigenvalue weighted by atomic mass is 10.1. The van der Waals surface area contributed by atoms with E-state index in [0.29, 0.717) is 6.61 Å². The van der Waals surface area contributed by atoms with Crippen molar-refractivity contribution in [2.24, 2.45) is 0 Å². The van der Waals surface area contributed by atoms with Crippen LogP contribution in [0, 0.1) is 12.1 Å². The van der Waals surface area contributed by atoms with Gasteiger partial charge in [-0.1, -0.05) is 0 Å². The average Bonchev–Trinajstić information content (AvgIpc) is 2.45. The molecule has 1 aromatic rings. The molecule has 4 heteroatoms. The molecule has 0 radical (unpaired) electrons. The molecule has 0 bridgehead atoms. The quantitative estimate of drug-likeness (QED) is 0.718. The standard InChI is InChI=1S/C8H9FOS.C2H7N/c1-5-6-4-10-3-2-7(6)11-8(5)9;1-3-2/h2-4H2,1H3;3H,1-2H3. The maximum Gasteiger partial charge on any atom is 0.179 e. The van der Waals surface area contributed by atoms with Crippen molar-refractivity contribution in [3.8, 4) is 0 Å². The Labute approximate surface area is 88.1 Å². The van der Waals surface area contributed by atoms with E-state index in [9.17, 15) is 4.39 Å². The number of fused-ring (bicyclic) bond motifs is 1. The Balaban J connectivity index is 0.000000293. The Morgan fingerprint density at radius 3 is 2.64 bits per heavy atom. The molecule has 0 amide bonds. The van der Waals surface area contributed by atoms with Crippen molar-refractivity contribution < 1.29 is 9.13 Å². The molecule has 2 rings (SSSR count). The molecule has 2 heterocycles. The fraction of sp³-hybridized carbons (Fsp3) is 0.600. The summed E-state index contributed by atoms with van der Waals surface area (Å²) < 4.78 is 18.2. The van der Waals surface area contributed by atoms with Crippen LogP contribution in [0.25, 0.3) is 0 Å². The third-order valence-electron chi connectivity index (χ3n) is 2.02. The van der Waals surface area contributed by atoms with Crippen molar-refractivity contribution in [3.05, 3.63) is 21.1 Å². The molecule has 0 spiro atoms. The highest BCUT2D eigenvalue weighted by Gasteiger charge is 2.17. The molecule has 1 aliphatic rings. The lowest BCUT2D eigenvalue weighted by molar-refractivity contribution is 0.111. The summed E-state index contributed by atoms with van der Waals surface area (Å²) in [5, 5.41) is 2.71. The Hall–Kier alpha value is -0.450. The zero-order valence-electron chi connectivity index (χ0n) is 8.82. The highest BCUT2D eigenvalue weighted by molar-refractivity contribution is 7.10. The molecule has 0 unspecified atom stereocenters. The van der Waals surface area contributed by atoms with E-state index in [-0.39, 0.29) is 5.13 Å². The van der Waals surface area contributed by atoms with Gasteiger partial charge in [-0.3, -0.25) is 0 Å². The number of rotatable bonds is 0. The minimum Gasteiger partial charge on any atom is -0.376 e. The number of ether oxygens (including phenoxy) is 1. The van der Waals surface area contributed by atoms with Gasteiger partial charge in [0.05, 0.1) is 13.2 Å². The van der Waals surface area contributed by atoms with Crippen LogP contribution < -0.4 is 5.32 Å². The van der Waals surface area contributed by atoms with E-state index >= 15 is 0 Å². The minimum absolute atomic E-state index is 0.0412. The number of hydrogen-bond donors (Lipinski definition) is 1. The van der Waals surface area contributed by atoms with Crippen LogP contribution in [0.4, 0.5) is 4.39 Å². The summed E-state index contributed by atoms with van der Waals surface area (Å²) in [6.45, 7) is 3.16.